The van der Waals surface area contributed by atoms with Gasteiger partial charge in [0.15, 0.2) is 0 Å². The lowest BCUT2D eigenvalue weighted by atomic mass is 10.2. The molecule has 0 amide bonds. The molecule has 0 bridgehead atoms. The fourth-order valence-corrected chi connectivity index (χ4v) is 2.32. The van der Waals surface area contributed by atoms with Crippen molar-refractivity contribution in [3.05, 3.63) is 53.3 Å². The molecule has 0 radical (unpaired) electrons. The van der Waals surface area contributed by atoms with Crippen molar-refractivity contribution in [2.24, 2.45) is 0 Å². The van der Waals surface area contributed by atoms with Crippen LogP contribution in [0.1, 0.15) is 10.6 Å². The zero-order valence-corrected chi connectivity index (χ0v) is 11.3. The Hall–Kier alpha value is -2.21. The number of benzene rings is 1. The number of anilines is 1. The molecule has 3 rings (SSSR count). The number of hydrogen-bond donors (Lipinski definition) is 1. The minimum atomic E-state index is 0.744. The summed E-state index contributed by atoms with van der Waals surface area (Å²) in [7, 11) is 0. The number of rotatable bonds is 4. The first-order chi connectivity index (χ1) is 9.31. The van der Waals surface area contributed by atoms with E-state index in [1.165, 1.54) is 5.56 Å². The second-order valence-corrected chi connectivity index (χ2v) is 5.28. The lowest BCUT2D eigenvalue weighted by Gasteiger charge is -2.05. The highest BCUT2D eigenvalue weighted by Gasteiger charge is 2.00. The second kappa shape index (κ2) is 5.19. The first-order valence-corrected chi connectivity index (χ1v) is 6.76. The zero-order valence-electron chi connectivity index (χ0n) is 10.4. The molecule has 0 fully saturated rings. The number of nitrogens with one attached hydrogen (secondary N) is 1. The van der Waals surface area contributed by atoms with Crippen molar-refractivity contribution in [3.8, 4) is 5.69 Å². The summed E-state index contributed by atoms with van der Waals surface area (Å²) in [5, 5.41) is 17.3. The van der Waals surface area contributed by atoms with Crippen LogP contribution in [0, 0.1) is 6.92 Å². The molecule has 0 aliphatic rings. The van der Waals surface area contributed by atoms with Gasteiger partial charge in [0, 0.05) is 18.9 Å². The average molecular weight is 271 g/mol. The van der Waals surface area contributed by atoms with E-state index in [2.05, 4.69) is 44.9 Å². The number of aromatic nitrogens is 4. The number of aryl methyl sites for hydroxylation is 1. The Morgan fingerprint density at radius 3 is 2.68 bits per heavy atom. The molecule has 1 N–H and O–H groups in total. The Morgan fingerprint density at radius 1 is 1.21 bits per heavy atom. The van der Waals surface area contributed by atoms with Crippen LogP contribution in [0.25, 0.3) is 5.69 Å². The maximum absolute atomic E-state index is 4.20. The monoisotopic (exact) mass is 271 g/mol. The zero-order chi connectivity index (χ0) is 13.1. The summed E-state index contributed by atoms with van der Waals surface area (Å²) < 4.78 is 1.84. The van der Waals surface area contributed by atoms with Crippen LogP contribution >= 0.6 is 11.3 Å². The van der Waals surface area contributed by atoms with Gasteiger partial charge in [-0.15, -0.1) is 10.2 Å². The topological polar surface area (TPSA) is 55.6 Å². The van der Waals surface area contributed by atoms with E-state index in [0.717, 1.165) is 22.4 Å². The molecule has 3 aromatic rings. The Balaban J connectivity index is 1.66. The van der Waals surface area contributed by atoms with Crippen molar-refractivity contribution in [1.29, 1.82) is 0 Å². The average Bonchev–Trinajstić information content (AvgIpc) is 3.08. The highest BCUT2D eigenvalue weighted by Crippen LogP contribution is 2.15. The van der Waals surface area contributed by atoms with Gasteiger partial charge in [0.1, 0.15) is 5.01 Å². The minimum Gasteiger partial charge on any atom is -0.356 e. The van der Waals surface area contributed by atoms with Crippen molar-refractivity contribution in [2.45, 2.75) is 13.5 Å². The molecule has 2 heterocycles. The molecular formula is C13H13N5S. The minimum absolute atomic E-state index is 0.744. The quantitative estimate of drug-likeness (QED) is 0.792. The third-order valence-corrected chi connectivity index (χ3v) is 3.47. The normalized spacial score (nSPS) is 10.6. The summed E-state index contributed by atoms with van der Waals surface area (Å²) in [6, 6.07) is 10.2. The maximum Gasteiger partial charge on any atom is 0.205 e. The number of hydrogen-bond acceptors (Lipinski definition) is 5. The highest BCUT2D eigenvalue weighted by molar-refractivity contribution is 7.15. The first kappa shape index (κ1) is 11.9. The summed E-state index contributed by atoms with van der Waals surface area (Å²) >= 11 is 1.56. The van der Waals surface area contributed by atoms with E-state index in [-0.39, 0.29) is 0 Å². The fourth-order valence-electron chi connectivity index (χ4n) is 1.73. The van der Waals surface area contributed by atoms with E-state index >= 15 is 0 Å². The van der Waals surface area contributed by atoms with Crippen molar-refractivity contribution in [1.82, 2.24) is 20.0 Å². The fraction of sp³-hybridized carbons (Fsp3) is 0.154. The Kier molecular flexibility index (Phi) is 3.24. The van der Waals surface area contributed by atoms with Gasteiger partial charge in [-0.05, 0) is 30.7 Å². The van der Waals surface area contributed by atoms with Crippen LogP contribution in [0.4, 0.5) is 5.13 Å². The van der Waals surface area contributed by atoms with Crippen LogP contribution < -0.4 is 5.32 Å². The van der Waals surface area contributed by atoms with Crippen LogP contribution in [0.15, 0.2) is 42.7 Å². The lowest BCUT2D eigenvalue weighted by Crippen LogP contribution is -2.00. The third kappa shape index (κ3) is 2.79. The van der Waals surface area contributed by atoms with Crippen molar-refractivity contribution in [3.63, 3.8) is 0 Å². The summed E-state index contributed by atoms with van der Waals surface area (Å²) in [4.78, 5) is 0. The van der Waals surface area contributed by atoms with Crippen LogP contribution in [0.2, 0.25) is 0 Å². The molecule has 96 valence electrons. The first-order valence-electron chi connectivity index (χ1n) is 5.94. The SMILES string of the molecule is Cc1nnc(NCc2ccc(-n3cccn3)cc2)s1. The van der Waals surface area contributed by atoms with E-state index in [9.17, 15) is 0 Å². The van der Waals surface area contributed by atoms with Gasteiger partial charge in [-0.25, -0.2) is 4.68 Å². The molecule has 2 aromatic heterocycles. The van der Waals surface area contributed by atoms with Gasteiger partial charge < -0.3 is 5.32 Å². The Bertz CT molecular complexity index is 642. The van der Waals surface area contributed by atoms with Crippen LogP contribution in [0.5, 0.6) is 0 Å². The molecular weight excluding hydrogens is 258 g/mol. The lowest BCUT2D eigenvalue weighted by molar-refractivity contribution is 0.879. The van der Waals surface area contributed by atoms with E-state index < -0.39 is 0 Å². The van der Waals surface area contributed by atoms with Gasteiger partial charge in [-0.2, -0.15) is 5.10 Å². The van der Waals surface area contributed by atoms with E-state index in [0.29, 0.717) is 0 Å². The van der Waals surface area contributed by atoms with Gasteiger partial charge in [0.2, 0.25) is 5.13 Å². The highest BCUT2D eigenvalue weighted by atomic mass is 32.1. The third-order valence-electron chi connectivity index (χ3n) is 2.68. The summed E-state index contributed by atoms with van der Waals surface area (Å²) in [6.07, 6.45) is 3.70. The molecule has 19 heavy (non-hydrogen) atoms. The Morgan fingerprint density at radius 2 is 2.05 bits per heavy atom. The smallest absolute Gasteiger partial charge is 0.205 e. The van der Waals surface area contributed by atoms with E-state index in [4.69, 9.17) is 0 Å². The molecule has 0 saturated heterocycles. The van der Waals surface area contributed by atoms with Crippen molar-refractivity contribution < 1.29 is 0 Å². The summed E-state index contributed by atoms with van der Waals surface area (Å²) in [5.74, 6) is 0. The predicted molar refractivity (Wildman–Crippen MR) is 75.5 cm³/mol. The largest absolute Gasteiger partial charge is 0.356 e. The maximum atomic E-state index is 4.20. The molecule has 0 spiro atoms. The van der Waals surface area contributed by atoms with Gasteiger partial charge >= 0.3 is 0 Å². The number of nitrogens with zero attached hydrogens (tertiary/aromatic N) is 4. The summed E-state index contributed by atoms with van der Waals surface area (Å²) in [6.45, 7) is 2.69. The van der Waals surface area contributed by atoms with Gasteiger partial charge in [-0.3, -0.25) is 0 Å². The van der Waals surface area contributed by atoms with Crippen LogP contribution in [-0.4, -0.2) is 20.0 Å². The molecule has 0 aliphatic heterocycles. The van der Waals surface area contributed by atoms with Crippen LogP contribution in [0.3, 0.4) is 0 Å². The van der Waals surface area contributed by atoms with Gasteiger partial charge in [0.25, 0.3) is 0 Å². The van der Waals surface area contributed by atoms with Crippen molar-refractivity contribution in [2.75, 3.05) is 5.32 Å². The van der Waals surface area contributed by atoms with E-state index in [1.54, 1.807) is 17.5 Å². The Labute approximate surface area is 114 Å². The second-order valence-electron chi connectivity index (χ2n) is 4.10. The molecule has 0 saturated carbocycles. The standard InChI is InChI=1S/C13H13N5S/c1-10-16-17-13(19-10)14-9-11-3-5-12(6-4-11)18-8-2-7-15-18/h2-8H,9H2,1H3,(H,14,17). The molecule has 5 nitrogen and oxygen atoms in total. The molecule has 0 aliphatic carbocycles. The molecule has 1 aromatic carbocycles. The summed E-state index contributed by atoms with van der Waals surface area (Å²) in [5.41, 5.74) is 2.25. The van der Waals surface area contributed by atoms with E-state index in [1.807, 2.05) is 23.9 Å². The molecule has 0 atom stereocenters. The molecule has 0 unspecified atom stereocenters. The van der Waals surface area contributed by atoms with Gasteiger partial charge in [0.05, 0.1) is 5.69 Å². The van der Waals surface area contributed by atoms with Gasteiger partial charge in [-0.1, -0.05) is 23.5 Å². The molecule has 6 heteroatoms. The predicted octanol–water partition coefficient (Wildman–Crippen LogP) is 2.64. The van der Waals surface area contributed by atoms with Crippen molar-refractivity contribution >= 4 is 16.5 Å². The van der Waals surface area contributed by atoms with Crippen LogP contribution in [-0.2, 0) is 6.54 Å².